The Bertz CT molecular complexity index is 694. The van der Waals surface area contributed by atoms with Gasteiger partial charge in [0.25, 0.3) is 5.91 Å². The van der Waals surface area contributed by atoms with Crippen LogP contribution in [0.5, 0.6) is 0 Å². The van der Waals surface area contributed by atoms with E-state index in [0.29, 0.717) is 32.6 Å². The Labute approximate surface area is 159 Å². The second-order valence-corrected chi connectivity index (χ2v) is 7.51. The summed E-state index contributed by atoms with van der Waals surface area (Å²) in [7, 11) is 0. The van der Waals surface area contributed by atoms with Gasteiger partial charge in [-0.2, -0.15) is 0 Å². The van der Waals surface area contributed by atoms with E-state index >= 15 is 0 Å². The van der Waals surface area contributed by atoms with Crippen LogP contribution in [0.25, 0.3) is 0 Å². The zero-order valence-electron chi connectivity index (χ0n) is 15.9. The first kappa shape index (κ1) is 19.4. The Hall–Kier alpha value is -2.38. The summed E-state index contributed by atoms with van der Waals surface area (Å²) in [6.45, 7) is 4.36. The number of nitrogens with two attached hydrogens (primary N) is 1. The number of hydrogen-bond donors (Lipinski definition) is 1. The monoisotopic (exact) mass is 376 g/mol. The van der Waals surface area contributed by atoms with Crippen LogP contribution in [0.2, 0.25) is 0 Å². The molecule has 1 aromatic rings. The lowest BCUT2D eigenvalue weighted by atomic mass is 9.93. The van der Waals surface area contributed by atoms with Gasteiger partial charge in [0, 0.05) is 44.6 Å². The lowest BCUT2D eigenvalue weighted by molar-refractivity contribution is -0.132. The summed E-state index contributed by atoms with van der Waals surface area (Å²) >= 11 is 0. The van der Waals surface area contributed by atoms with Crippen molar-refractivity contribution in [3.63, 3.8) is 0 Å². The molecule has 2 aliphatic rings. The summed E-state index contributed by atoms with van der Waals surface area (Å²) in [6, 6.07) is 1.71. The van der Waals surface area contributed by atoms with E-state index in [1.54, 1.807) is 11.0 Å². The highest BCUT2D eigenvalue weighted by atomic mass is 16.5. The molecule has 0 radical (unpaired) electrons. The number of primary amides is 1. The third-order valence-corrected chi connectivity index (χ3v) is 5.58. The molecule has 8 heteroatoms. The summed E-state index contributed by atoms with van der Waals surface area (Å²) in [5, 5.41) is 4.10. The van der Waals surface area contributed by atoms with Gasteiger partial charge >= 0.3 is 0 Å². The normalized spacial score (nSPS) is 21.3. The van der Waals surface area contributed by atoms with Gasteiger partial charge in [0.2, 0.25) is 17.6 Å². The molecule has 2 aliphatic heterocycles. The fourth-order valence-electron chi connectivity index (χ4n) is 3.93. The molecular formula is C19H28N4O4. The largest absolute Gasteiger partial charge is 0.369 e. The van der Waals surface area contributed by atoms with Crippen molar-refractivity contribution in [1.82, 2.24) is 15.0 Å². The predicted molar refractivity (Wildman–Crippen MR) is 97.8 cm³/mol. The molecule has 8 nitrogen and oxygen atoms in total. The number of nitrogens with zero attached hydrogens (tertiary/aromatic N) is 3. The predicted octanol–water partition coefficient (Wildman–Crippen LogP) is 1.52. The first-order chi connectivity index (χ1) is 13.0. The first-order valence-electron chi connectivity index (χ1n) is 9.82. The maximum absolute atomic E-state index is 12.7. The molecule has 1 aromatic heterocycles. The highest BCUT2D eigenvalue weighted by molar-refractivity contribution is 5.92. The van der Waals surface area contributed by atoms with Crippen molar-refractivity contribution >= 4 is 17.7 Å². The summed E-state index contributed by atoms with van der Waals surface area (Å²) in [6.07, 6.45) is 4.57. The van der Waals surface area contributed by atoms with Gasteiger partial charge in [-0.1, -0.05) is 12.1 Å². The van der Waals surface area contributed by atoms with Crippen LogP contribution in [0, 0.1) is 5.92 Å². The van der Waals surface area contributed by atoms with Crippen LogP contribution in [0.1, 0.15) is 67.6 Å². The lowest BCUT2D eigenvalue weighted by Gasteiger charge is -2.31. The molecular weight excluding hydrogens is 348 g/mol. The van der Waals surface area contributed by atoms with Gasteiger partial charge in [0.1, 0.15) is 0 Å². The van der Waals surface area contributed by atoms with Crippen LogP contribution in [-0.2, 0) is 9.59 Å². The van der Waals surface area contributed by atoms with E-state index in [1.807, 2.05) is 11.8 Å². The van der Waals surface area contributed by atoms with Gasteiger partial charge in [0.15, 0.2) is 0 Å². The standard InChI is InChI=1S/C19H28N4O4/c1-2-4-17(24)22-9-6-13(7-10-22)15-11-16(27-21-15)19(26)23-8-3-5-14(12-23)18(20)25/h11,13-14H,2-10,12H2,1H3,(H2,20,25). The number of carbonyl (C=O) groups is 3. The molecule has 148 valence electrons. The van der Waals surface area contributed by atoms with Crippen molar-refractivity contribution in [3.8, 4) is 0 Å². The first-order valence-corrected chi connectivity index (χ1v) is 9.82. The highest BCUT2D eigenvalue weighted by Gasteiger charge is 2.31. The number of carbonyl (C=O) groups excluding carboxylic acids is 3. The maximum Gasteiger partial charge on any atom is 0.292 e. The maximum atomic E-state index is 12.7. The molecule has 0 aromatic carbocycles. The highest BCUT2D eigenvalue weighted by Crippen LogP contribution is 2.28. The summed E-state index contributed by atoms with van der Waals surface area (Å²) in [5.41, 5.74) is 6.15. The zero-order valence-corrected chi connectivity index (χ0v) is 15.9. The third kappa shape index (κ3) is 4.48. The van der Waals surface area contributed by atoms with E-state index in [0.717, 1.165) is 37.8 Å². The van der Waals surface area contributed by atoms with Gasteiger partial charge < -0.3 is 20.1 Å². The Morgan fingerprint density at radius 2 is 1.93 bits per heavy atom. The van der Waals surface area contributed by atoms with Crippen LogP contribution in [0.15, 0.2) is 10.6 Å². The number of hydrogen-bond acceptors (Lipinski definition) is 5. The molecule has 1 atom stereocenters. The van der Waals surface area contributed by atoms with E-state index in [1.165, 1.54) is 0 Å². The minimum Gasteiger partial charge on any atom is -0.369 e. The molecule has 0 spiro atoms. The van der Waals surface area contributed by atoms with Gasteiger partial charge in [-0.05, 0) is 32.1 Å². The number of aromatic nitrogens is 1. The molecule has 0 bridgehead atoms. The SMILES string of the molecule is CCCC(=O)N1CCC(c2cc(C(=O)N3CCCC(C(N)=O)C3)on2)CC1. The number of piperidine rings is 2. The molecule has 2 saturated heterocycles. The quantitative estimate of drug-likeness (QED) is 0.838. The molecule has 1 unspecified atom stereocenters. The Morgan fingerprint density at radius 3 is 2.59 bits per heavy atom. The van der Waals surface area contributed by atoms with E-state index in [-0.39, 0.29) is 35.3 Å². The number of rotatable bonds is 5. The average Bonchev–Trinajstić information content (AvgIpc) is 3.18. The Kier molecular flexibility index (Phi) is 6.13. The van der Waals surface area contributed by atoms with E-state index in [2.05, 4.69) is 5.16 Å². The molecule has 3 heterocycles. The Morgan fingerprint density at radius 1 is 1.19 bits per heavy atom. The van der Waals surface area contributed by atoms with Crippen molar-refractivity contribution in [2.24, 2.45) is 11.7 Å². The van der Waals surface area contributed by atoms with Crippen molar-refractivity contribution in [3.05, 3.63) is 17.5 Å². The second-order valence-electron chi connectivity index (χ2n) is 7.51. The van der Waals surface area contributed by atoms with E-state index in [4.69, 9.17) is 10.3 Å². The molecule has 2 N–H and O–H groups in total. The van der Waals surface area contributed by atoms with Crippen molar-refractivity contribution in [2.45, 2.75) is 51.4 Å². The van der Waals surface area contributed by atoms with Crippen molar-refractivity contribution in [2.75, 3.05) is 26.2 Å². The van der Waals surface area contributed by atoms with Crippen LogP contribution in [0.4, 0.5) is 0 Å². The molecule has 2 fully saturated rings. The summed E-state index contributed by atoms with van der Waals surface area (Å²) < 4.78 is 5.30. The summed E-state index contributed by atoms with van der Waals surface area (Å²) in [5.74, 6) is -0.290. The zero-order chi connectivity index (χ0) is 19.4. The number of amides is 3. The van der Waals surface area contributed by atoms with E-state index < -0.39 is 0 Å². The third-order valence-electron chi connectivity index (χ3n) is 5.58. The fourth-order valence-corrected chi connectivity index (χ4v) is 3.93. The van der Waals surface area contributed by atoms with Crippen molar-refractivity contribution in [1.29, 1.82) is 0 Å². The Balaban J connectivity index is 1.58. The van der Waals surface area contributed by atoms with Gasteiger partial charge in [-0.3, -0.25) is 14.4 Å². The van der Waals surface area contributed by atoms with E-state index in [9.17, 15) is 14.4 Å². The molecule has 0 aliphatic carbocycles. The van der Waals surface area contributed by atoms with Gasteiger partial charge in [-0.15, -0.1) is 0 Å². The minimum absolute atomic E-state index is 0.195. The van der Waals surface area contributed by atoms with Crippen LogP contribution >= 0.6 is 0 Å². The molecule has 3 amide bonds. The van der Waals surface area contributed by atoms with Gasteiger partial charge in [-0.25, -0.2) is 0 Å². The summed E-state index contributed by atoms with van der Waals surface area (Å²) in [4.78, 5) is 39.6. The molecule has 27 heavy (non-hydrogen) atoms. The fraction of sp³-hybridized carbons (Fsp3) is 0.684. The van der Waals surface area contributed by atoms with Gasteiger partial charge in [0.05, 0.1) is 11.6 Å². The second kappa shape index (κ2) is 8.54. The number of likely N-dealkylation sites (tertiary alicyclic amines) is 2. The topological polar surface area (TPSA) is 110 Å². The smallest absolute Gasteiger partial charge is 0.292 e. The minimum atomic E-state index is -0.366. The molecule has 0 saturated carbocycles. The van der Waals surface area contributed by atoms with Crippen LogP contribution in [-0.4, -0.2) is 58.9 Å². The van der Waals surface area contributed by atoms with Crippen molar-refractivity contribution < 1.29 is 18.9 Å². The lowest BCUT2D eigenvalue weighted by Crippen LogP contribution is -2.44. The van der Waals surface area contributed by atoms with Crippen LogP contribution in [0.3, 0.4) is 0 Å². The molecule has 3 rings (SSSR count). The van der Waals surface area contributed by atoms with Crippen LogP contribution < -0.4 is 5.73 Å². The average molecular weight is 376 g/mol.